The van der Waals surface area contributed by atoms with Crippen molar-refractivity contribution in [3.8, 4) is 0 Å². The van der Waals surface area contributed by atoms with Crippen LogP contribution in [0.3, 0.4) is 0 Å². The van der Waals surface area contributed by atoms with Gasteiger partial charge in [-0.05, 0) is 18.6 Å². The van der Waals surface area contributed by atoms with E-state index in [-0.39, 0.29) is 35.0 Å². The molecule has 0 unspecified atom stereocenters. The Balaban J connectivity index is 1.34. The van der Waals surface area contributed by atoms with Crippen molar-refractivity contribution in [2.24, 2.45) is 0 Å². The molecule has 148 valence electrons. The third-order valence-electron chi connectivity index (χ3n) is 4.74. The van der Waals surface area contributed by atoms with E-state index in [4.69, 9.17) is 4.74 Å². The van der Waals surface area contributed by atoms with Gasteiger partial charge in [0, 0.05) is 37.1 Å². The molecule has 0 aromatic heterocycles. The maximum atomic E-state index is 12.2. The minimum Gasteiger partial charge on any atom is -0.455 e. The van der Waals surface area contributed by atoms with Crippen molar-refractivity contribution in [3.63, 3.8) is 0 Å². The molecule has 1 aromatic carbocycles. The number of piperazine rings is 1. The Morgan fingerprint density at radius 2 is 1.81 bits per heavy atom. The number of amides is 1. The number of anilines is 1. The number of hydrogen-bond acceptors (Lipinski definition) is 7. The summed E-state index contributed by atoms with van der Waals surface area (Å²) in [5, 5.41) is -0.0516. The highest BCUT2D eigenvalue weighted by Crippen LogP contribution is 2.24. The average Bonchev–Trinajstić information content (AvgIpc) is 3.04. The second-order valence-corrected chi connectivity index (χ2v) is 10.2. The van der Waals surface area contributed by atoms with Gasteiger partial charge >= 0.3 is 5.97 Å². The standard InChI is InChI=1S/C18H24N2O5S2/c21-17(12-25-18(22)13-26-16-6-11-27(23,24)14-16)20-9-7-19(8-10-20)15-4-2-1-3-5-15/h1-5,16H,6-14H2/t16-/m0/s1. The van der Waals surface area contributed by atoms with Gasteiger partial charge in [0.2, 0.25) is 0 Å². The first-order valence-corrected chi connectivity index (χ1v) is 11.9. The number of rotatable bonds is 6. The third kappa shape index (κ3) is 5.87. The lowest BCUT2D eigenvalue weighted by atomic mass is 10.2. The van der Waals surface area contributed by atoms with E-state index < -0.39 is 15.8 Å². The van der Waals surface area contributed by atoms with Crippen LogP contribution in [0, 0.1) is 0 Å². The molecule has 2 heterocycles. The van der Waals surface area contributed by atoms with Crippen LogP contribution in [-0.2, 0) is 24.2 Å². The summed E-state index contributed by atoms with van der Waals surface area (Å²) < 4.78 is 27.9. The molecular weight excluding hydrogens is 388 g/mol. The summed E-state index contributed by atoms with van der Waals surface area (Å²) in [6.45, 7) is 2.43. The molecule has 3 rings (SSSR count). The number of carbonyl (C=O) groups excluding carboxylic acids is 2. The first-order valence-electron chi connectivity index (χ1n) is 8.98. The van der Waals surface area contributed by atoms with Gasteiger partial charge < -0.3 is 14.5 Å². The Labute approximate surface area is 164 Å². The van der Waals surface area contributed by atoms with Crippen LogP contribution in [0.5, 0.6) is 0 Å². The predicted octanol–water partition coefficient (Wildman–Crippen LogP) is 0.799. The minimum absolute atomic E-state index is 0.0516. The summed E-state index contributed by atoms with van der Waals surface area (Å²) in [4.78, 5) is 28.0. The number of para-hydroxylation sites is 1. The number of nitrogens with zero attached hydrogens (tertiary/aromatic N) is 2. The molecule has 0 N–H and O–H groups in total. The Morgan fingerprint density at radius 1 is 1.11 bits per heavy atom. The van der Waals surface area contributed by atoms with E-state index in [1.807, 2.05) is 30.3 Å². The fourth-order valence-corrected chi connectivity index (χ4v) is 6.65. The van der Waals surface area contributed by atoms with Crippen LogP contribution in [0.15, 0.2) is 30.3 Å². The lowest BCUT2D eigenvalue weighted by molar-refractivity contribution is -0.150. The van der Waals surface area contributed by atoms with E-state index in [2.05, 4.69) is 4.90 Å². The first-order chi connectivity index (χ1) is 12.9. The Hall–Kier alpha value is -1.74. The molecule has 2 aliphatic heterocycles. The molecule has 7 nitrogen and oxygen atoms in total. The molecule has 2 fully saturated rings. The highest BCUT2D eigenvalue weighted by atomic mass is 32.2. The summed E-state index contributed by atoms with van der Waals surface area (Å²) in [5.41, 5.74) is 1.14. The Bertz CT molecular complexity index is 761. The van der Waals surface area contributed by atoms with E-state index >= 15 is 0 Å². The SMILES string of the molecule is O=C(CS[C@H]1CCS(=O)(=O)C1)OCC(=O)N1CCN(c2ccccc2)CC1. The van der Waals surface area contributed by atoms with Gasteiger partial charge in [-0.1, -0.05) is 18.2 Å². The van der Waals surface area contributed by atoms with Crippen LogP contribution in [0.2, 0.25) is 0 Å². The third-order valence-corrected chi connectivity index (χ3v) is 7.99. The number of carbonyl (C=O) groups is 2. The Kier molecular flexibility index (Phi) is 6.64. The summed E-state index contributed by atoms with van der Waals surface area (Å²) >= 11 is 1.29. The quantitative estimate of drug-likeness (QED) is 0.639. The van der Waals surface area contributed by atoms with Gasteiger partial charge in [0.25, 0.3) is 5.91 Å². The number of ether oxygens (including phenoxy) is 1. The Morgan fingerprint density at radius 3 is 2.44 bits per heavy atom. The number of esters is 1. The van der Waals surface area contributed by atoms with Crippen LogP contribution in [0.25, 0.3) is 0 Å². The van der Waals surface area contributed by atoms with Gasteiger partial charge in [0.05, 0.1) is 17.3 Å². The molecule has 0 saturated carbocycles. The normalized spacial score (nSPS) is 21.9. The second kappa shape index (κ2) is 8.97. The fraction of sp³-hybridized carbons (Fsp3) is 0.556. The molecule has 9 heteroatoms. The zero-order valence-electron chi connectivity index (χ0n) is 15.1. The van der Waals surface area contributed by atoms with Crippen molar-refractivity contribution in [2.45, 2.75) is 11.7 Å². The van der Waals surface area contributed by atoms with Gasteiger partial charge in [-0.15, -0.1) is 11.8 Å². The van der Waals surface area contributed by atoms with E-state index in [0.29, 0.717) is 19.5 Å². The van der Waals surface area contributed by atoms with Crippen LogP contribution in [-0.4, -0.2) is 80.5 Å². The van der Waals surface area contributed by atoms with Crippen LogP contribution in [0.4, 0.5) is 5.69 Å². The van der Waals surface area contributed by atoms with Gasteiger partial charge in [0.15, 0.2) is 16.4 Å². The van der Waals surface area contributed by atoms with Gasteiger partial charge in [-0.3, -0.25) is 9.59 Å². The average molecular weight is 413 g/mol. The van der Waals surface area contributed by atoms with Crippen molar-refractivity contribution < 1.29 is 22.7 Å². The molecular formula is C18H24N2O5S2. The number of sulfone groups is 1. The monoisotopic (exact) mass is 412 g/mol. The smallest absolute Gasteiger partial charge is 0.316 e. The summed E-state index contributed by atoms with van der Waals surface area (Å²) in [5.74, 6) is -0.275. The first kappa shape index (κ1) is 20.0. The number of thioether (sulfide) groups is 1. The number of benzene rings is 1. The van der Waals surface area contributed by atoms with E-state index in [9.17, 15) is 18.0 Å². The largest absolute Gasteiger partial charge is 0.455 e. The van der Waals surface area contributed by atoms with Gasteiger partial charge in [-0.25, -0.2) is 8.42 Å². The molecule has 0 bridgehead atoms. The van der Waals surface area contributed by atoms with Crippen LogP contribution in [0.1, 0.15) is 6.42 Å². The predicted molar refractivity (Wildman–Crippen MR) is 106 cm³/mol. The molecule has 2 aliphatic rings. The molecule has 0 radical (unpaired) electrons. The van der Waals surface area contributed by atoms with Crippen molar-refractivity contribution in [1.29, 1.82) is 0 Å². The molecule has 1 amide bonds. The molecule has 1 atom stereocenters. The highest BCUT2D eigenvalue weighted by molar-refractivity contribution is 8.02. The summed E-state index contributed by atoms with van der Waals surface area (Å²) in [6, 6.07) is 10.1. The summed E-state index contributed by atoms with van der Waals surface area (Å²) in [6.07, 6.45) is 0.574. The lowest BCUT2D eigenvalue weighted by Crippen LogP contribution is -2.50. The van der Waals surface area contributed by atoms with E-state index in [0.717, 1.165) is 18.8 Å². The van der Waals surface area contributed by atoms with Crippen molar-refractivity contribution in [1.82, 2.24) is 4.90 Å². The highest BCUT2D eigenvalue weighted by Gasteiger charge is 2.29. The van der Waals surface area contributed by atoms with Crippen molar-refractivity contribution in [3.05, 3.63) is 30.3 Å². The van der Waals surface area contributed by atoms with Crippen molar-refractivity contribution in [2.75, 3.05) is 54.9 Å². The molecule has 0 spiro atoms. The maximum Gasteiger partial charge on any atom is 0.316 e. The minimum atomic E-state index is -2.95. The zero-order valence-corrected chi connectivity index (χ0v) is 16.7. The topological polar surface area (TPSA) is 84.0 Å². The van der Waals surface area contributed by atoms with Gasteiger partial charge in [0.1, 0.15) is 0 Å². The fourth-order valence-electron chi connectivity index (χ4n) is 3.21. The lowest BCUT2D eigenvalue weighted by Gasteiger charge is -2.36. The summed E-state index contributed by atoms with van der Waals surface area (Å²) in [7, 11) is -2.95. The van der Waals surface area contributed by atoms with Crippen LogP contribution >= 0.6 is 11.8 Å². The number of hydrogen-bond donors (Lipinski definition) is 0. The maximum absolute atomic E-state index is 12.2. The van der Waals surface area contributed by atoms with E-state index in [1.165, 1.54) is 11.8 Å². The zero-order chi connectivity index (χ0) is 19.3. The molecule has 0 aliphatic carbocycles. The van der Waals surface area contributed by atoms with Crippen molar-refractivity contribution >= 4 is 39.2 Å². The molecule has 2 saturated heterocycles. The molecule has 1 aromatic rings. The van der Waals surface area contributed by atoms with E-state index in [1.54, 1.807) is 4.90 Å². The van der Waals surface area contributed by atoms with Crippen LogP contribution < -0.4 is 4.90 Å². The second-order valence-electron chi connectivity index (χ2n) is 6.70. The molecule has 27 heavy (non-hydrogen) atoms. The van der Waals surface area contributed by atoms with Gasteiger partial charge in [-0.2, -0.15) is 0 Å².